The molecular weight excluding hydrogens is 194 g/mol. The number of nitrogens with one attached hydrogen (secondary N) is 1. The van der Waals surface area contributed by atoms with Crippen LogP contribution >= 0.6 is 0 Å². The van der Waals surface area contributed by atoms with Crippen LogP contribution in [0.3, 0.4) is 0 Å². The van der Waals surface area contributed by atoms with E-state index >= 15 is 0 Å². The molecule has 4 nitrogen and oxygen atoms in total. The third kappa shape index (κ3) is 2.01. The Hall–Kier alpha value is -0.610. The lowest BCUT2D eigenvalue weighted by Gasteiger charge is -2.47. The van der Waals surface area contributed by atoms with Gasteiger partial charge < -0.3 is 9.84 Å². The Morgan fingerprint density at radius 2 is 1.93 bits per heavy atom. The Morgan fingerprint density at radius 1 is 1.40 bits per heavy atom. The highest BCUT2D eigenvalue weighted by Crippen LogP contribution is 2.34. The number of ether oxygens (including phenoxy) is 1. The van der Waals surface area contributed by atoms with Crippen LogP contribution in [0.5, 0.6) is 0 Å². The van der Waals surface area contributed by atoms with Gasteiger partial charge in [-0.05, 0) is 25.7 Å². The number of hydrogen-bond donors (Lipinski definition) is 2. The Labute approximate surface area is 91.0 Å². The van der Waals surface area contributed by atoms with E-state index in [4.69, 9.17) is 4.74 Å². The van der Waals surface area contributed by atoms with Crippen LogP contribution in [0.25, 0.3) is 0 Å². The summed E-state index contributed by atoms with van der Waals surface area (Å²) < 4.78 is 4.74. The summed E-state index contributed by atoms with van der Waals surface area (Å²) in [6.45, 7) is 7.62. The highest BCUT2D eigenvalue weighted by atomic mass is 16.5. The van der Waals surface area contributed by atoms with Crippen LogP contribution in [-0.2, 0) is 9.53 Å². The molecule has 5 unspecified atom stereocenters. The molecule has 0 radical (unpaired) electrons. The molecular formula is C11H21NO3. The fraction of sp³-hybridized carbons (Fsp3) is 0.909. The second-order valence-electron chi connectivity index (χ2n) is 4.76. The van der Waals surface area contributed by atoms with Gasteiger partial charge in [-0.2, -0.15) is 0 Å². The standard InChI is InChI=1S/C11H21NO3/c1-6-7(2)11(4,14)8(3)12-9(6)10(13)15-5/h6-9,12,14H,1-5H3. The van der Waals surface area contributed by atoms with Crippen LogP contribution in [0.4, 0.5) is 0 Å². The van der Waals surface area contributed by atoms with Crippen molar-refractivity contribution in [3.05, 3.63) is 0 Å². The highest BCUT2D eigenvalue weighted by Gasteiger charge is 2.47. The van der Waals surface area contributed by atoms with E-state index in [9.17, 15) is 9.90 Å². The Bertz CT molecular complexity index is 252. The quantitative estimate of drug-likeness (QED) is 0.627. The van der Waals surface area contributed by atoms with Crippen molar-refractivity contribution in [3.8, 4) is 0 Å². The normalized spacial score (nSPS) is 46.3. The summed E-state index contributed by atoms with van der Waals surface area (Å²) in [6, 6.07) is -0.437. The monoisotopic (exact) mass is 215 g/mol. The van der Waals surface area contributed by atoms with Crippen molar-refractivity contribution in [1.29, 1.82) is 0 Å². The van der Waals surface area contributed by atoms with Crippen molar-refractivity contribution in [2.24, 2.45) is 11.8 Å². The number of methoxy groups -OCH3 is 1. The van der Waals surface area contributed by atoms with Gasteiger partial charge >= 0.3 is 5.97 Å². The molecule has 0 aliphatic carbocycles. The molecule has 1 aliphatic heterocycles. The molecule has 4 heteroatoms. The first-order chi connectivity index (χ1) is 6.82. The molecule has 0 saturated carbocycles. The molecule has 0 aromatic rings. The molecule has 1 saturated heterocycles. The number of esters is 1. The van der Waals surface area contributed by atoms with Crippen molar-refractivity contribution in [2.75, 3.05) is 7.11 Å². The highest BCUT2D eigenvalue weighted by molar-refractivity contribution is 5.76. The number of aliphatic hydroxyl groups is 1. The van der Waals surface area contributed by atoms with E-state index in [1.54, 1.807) is 6.92 Å². The average molecular weight is 215 g/mol. The minimum Gasteiger partial charge on any atom is -0.468 e. The summed E-state index contributed by atoms with van der Waals surface area (Å²) in [5.41, 5.74) is -0.788. The zero-order chi connectivity index (χ0) is 11.8. The predicted octanol–water partition coefficient (Wildman–Crippen LogP) is 0.543. The van der Waals surface area contributed by atoms with Gasteiger partial charge in [0.15, 0.2) is 0 Å². The molecule has 1 aliphatic rings. The van der Waals surface area contributed by atoms with Crippen LogP contribution in [0.2, 0.25) is 0 Å². The second-order valence-corrected chi connectivity index (χ2v) is 4.76. The van der Waals surface area contributed by atoms with E-state index in [2.05, 4.69) is 5.32 Å². The zero-order valence-corrected chi connectivity index (χ0v) is 10.1. The first-order valence-electron chi connectivity index (χ1n) is 5.38. The van der Waals surface area contributed by atoms with Gasteiger partial charge in [0.25, 0.3) is 0 Å². The summed E-state index contributed by atoms with van der Waals surface area (Å²) in [5.74, 6) is -0.141. The van der Waals surface area contributed by atoms with Crippen molar-refractivity contribution in [1.82, 2.24) is 5.32 Å². The van der Waals surface area contributed by atoms with Crippen molar-refractivity contribution in [2.45, 2.75) is 45.4 Å². The van der Waals surface area contributed by atoms with E-state index in [-0.39, 0.29) is 29.9 Å². The van der Waals surface area contributed by atoms with Gasteiger partial charge in [0.2, 0.25) is 0 Å². The lowest BCUT2D eigenvalue weighted by molar-refractivity contribution is -0.152. The molecule has 0 spiro atoms. The SMILES string of the molecule is COC(=O)C1NC(C)C(C)(O)C(C)C1C. The molecule has 0 bridgehead atoms. The molecule has 0 aromatic carbocycles. The van der Waals surface area contributed by atoms with Gasteiger partial charge in [-0.1, -0.05) is 13.8 Å². The summed E-state index contributed by atoms with van der Waals surface area (Å²) in [5, 5.41) is 13.4. The van der Waals surface area contributed by atoms with Gasteiger partial charge in [-0.15, -0.1) is 0 Å². The van der Waals surface area contributed by atoms with E-state index in [0.29, 0.717) is 0 Å². The van der Waals surface area contributed by atoms with Crippen molar-refractivity contribution >= 4 is 5.97 Å². The van der Waals surface area contributed by atoms with Gasteiger partial charge in [0.05, 0.1) is 12.7 Å². The number of piperidine rings is 1. The summed E-state index contributed by atoms with van der Waals surface area (Å²) in [4.78, 5) is 11.5. The Kier molecular flexibility index (Phi) is 3.41. The molecule has 1 rings (SSSR count). The van der Waals surface area contributed by atoms with Crippen LogP contribution in [0, 0.1) is 11.8 Å². The third-order valence-electron chi connectivity index (χ3n) is 4.00. The van der Waals surface area contributed by atoms with Crippen LogP contribution in [-0.4, -0.2) is 35.9 Å². The molecule has 0 aromatic heterocycles. The van der Waals surface area contributed by atoms with Crippen LogP contribution < -0.4 is 5.32 Å². The van der Waals surface area contributed by atoms with E-state index in [1.807, 2.05) is 20.8 Å². The molecule has 1 fully saturated rings. The van der Waals surface area contributed by atoms with Crippen molar-refractivity contribution < 1.29 is 14.6 Å². The maximum absolute atomic E-state index is 11.5. The number of hydrogen-bond acceptors (Lipinski definition) is 4. The maximum atomic E-state index is 11.5. The maximum Gasteiger partial charge on any atom is 0.323 e. The average Bonchev–Trinajstić information content (AvgIpc) is 2.20. The van der Waals surface area contributed by atoms with E-state index in [0.717, 1.165) is 0 Å². The molecule has 1 heterocycles. The predicted molar refractivity (Wildman–Crippen MR) is 57.4 cm³/mol. The minimum absolute atomic E-state index is 0.0536. The van der Waals surface area contributed by atoms with Gasteiger partial charge in [-0.3, -0.25) is 10.1 Å². The fourth-order valence-corrected chi connectivity index (χ4v) is 2.21. The minimum atomic E-state index is -0.788. The zero-order valence-electron chi connectivity index (χ0n) is 10.1. The number of carbonyl (C=O) groups is 1. The first-order valence-corrected chi connectivity index (χ1v) is 5.38. The summed E-state index contributed by atoms with van der Waals surface area (Å²) >= 11 is 0. The summed E-state index contributed by atoms with van der Waals surface area (Å²) in [7, 11) is 1.39. The number of carbonyl (C=O) groups excluding carboxylic acids is 1. The summed E-state index contributed by atoms with van der Waals surface area (Å²) in [6.07, 6.45) is 0. The topological polar surface area (TPSA) is 58.6 Å². The molecule has 2 N–H and O–H groups in total. The Balaban J connectivity index is 2.87. The van der Waals surface area contributed by atoms with E-state index < -0.39 is 5.60 Å². The molecule has 5 atom stereocenters. The molecule has 15 heavy (non-hydrogen) atoms. The largest absolute Gasteiger partial charge is 0.468 e. The van der Waals surface area contributed by atoms with Gasteiger partial charge in [-0.25, -0.2) is 0 Å². The van der Waals surface area contributed by atoms with Crippen LogP contribution in [0.15, 0.2) is 0 Å². The second kappa shape index (κ2) is 4.10. The smallest absolute Gasteiger partial charge is 0.323 e. The van der Waals surface area contributed by atoms with Crippen molar-refractivity contribution in [3.63, 3.8) is 0 Å². The third-order valence-corrected chi connectivity index (χ3v) is 4.00. The van der Waals surface area contributed by atoms with E-state index in [1.165, 1.54) is 7.11 Å². The number of rotatable bonds is 1. The molecule has 88 valence electrons. The lowest BCUT2D eigenvalue weighted by atomic mass is 9.71. The fourth-order valence-electron chi connectivity index (χ4n) is 2.21. The van der Waals surface area contributed by atoms with Gasteiger partial charge in [0, 0.05) is 6.04 Å². The molecule has 0 amide bonds. The lowest BCUT2D eigenvalue weighted by Crippen LogP contribution is -2.65. The first kappa shape index (κ1) is 12.5. The van der Waals surface area contributed by atoms with Crippen LogP contribution in [0.1, 0.15) is 27.7 Å². The Morgan fingerprint density at radius 3 is 2.40 bits per heavy atom. The van der Waals surface area contributed by atoms with Gasteiger partial charge in [0.1, 0.15) is 6.04 Å².